The first-order chi connectivity index (χ1) is 13.6. The molecule has 0 bridgehead atoms. The number of hydrogen-bond acceptors (Lipinski definition) is 2. The summed E-state index contributed by atoms with van der Waals surface area (Å²) < 4.78 is 0. The molecular weight excluding hydrogens is 348 g/mol. The van der Waals surface area contributed by atoms with Crippen molar-refractivity contribution in [1.29, 1.82) is 0 Å². The van der Waals surface area contributed by atoms with E-state index in [0.717, 1.165) is 12.8 Å². The van der Waals surface area contributed by atoms with Gasteiger partial charge in [0.15, 0.2) is 0 Å². The van der Waals surface area contributed by atoms with E-state index in [9.17, 15) is 15.0 Å². The van der Waals surface area contributed by atoms with Crippen molar-refractivity contribution in [2.75, 3.05) is 0 Å². The van der Waals surface area contributed by atoms with E-state index in [1.165, 1.54) is 5.56 Å². The standard InChI is InChI=1S/C25H26O3/c26-22-14-20(25(27)28)18-12-11-17-16(19-13-21(22)24(18)23(17)19)10-6-2-5-9-15-7-3-1-4-8-15/h1-9,11-12,14,16-19,21-24,26H,10,13H2,(H,27,28)/t16-,17-,18+,19+,21+,22-,23-,24+/m1/s1. The first kappa shape index (κ1) is 17.7. The molecule has 4 aliphatic rings. The van der Waals surface area contributed by atoms with Crippen molar-refractivity contribution < 1.29 is 15.0 Å². The van der Waals surface area contributed by atoms with E-state index in [1.54, 1.807) is 6.08 Å². The minimum atomic E-state index is -0.877. The number of aliphatic hydroxyl groups excluding tert-OH is 1. The zero-order valence-corrected chi connectivity index (χ0v) is 15.8. The van der Waals surface area contributed by atoms with E-state index < -0.39 is 12.1 Å². The maximum atomic E-state index is 11.6. The lowest BCUT2D eigenvalue weighted by Gasteiger charge is -2.54. The number of aliphatic hydroxyl groups is 1. The lowest BCUT2D eigenvalue weighted by Crippen LogP contribution is -2.50. The number of allylic oxidation sites excluding steroid dienone is 5. The molecule has 0 saturated heterocycles. The molecule has 0 radical (unpaired) electrons. The van der Waals surface area contributed by atoms with Gasteiger partial charge in [-0.15, -0.1) is 0 Å². The second-order valence-electron chi connectivity index (χ2n) is 8.72. The molecule has 1 aromatic rings. The molecule has 1 aromatic carbocycles. The number of benzene rings is 1. The van der Waals surface area contributed by atoms with Gasteiger partial charge in [0.2, 0.25) is 0 Å². The second kappa shape index (κ2) is 6.89. The van der Waals surface area contributed by atoms with Crippen molar-refractivity contribution >= 4 is 12.0 Å². The molecule has 3 heteroatoms. The van der Waals surface area contributed by atoms with Crippen molar-refractivity contribution in [3.8, 4) is 0 Å². The predicted molar refractivity (Wildman–Crippen MR) is 109 cm³/mol. The highest BCUT2D eigenvalue weighted by molar-refractivity contribution is 5.88. The Hall–Kier alpha value is -2.39. The molecule has 28 heavy (non-hydrogen) atoms. The molecule has 4 aliphatic carbocycles. The highest BCUT2D eigenvalue weighted by atomic mass is 16.4. The molecule has 0 amide bonds. The van der Waals surface area contributed by atoms with E-state index in [0.29, 0.717) is 35.2 Å². The summed E-state index contributed by atoms with van der Waals surface area (Å²) in [7, 11) is 0. The SMILES string of the molecule is O=C(O)C1=C[C@@H](O)[C@@H]2C[C@H]3[C@H](CC=CC=Cc4ccccc4)[C@H]4C=C[C@@H]1[C@@H]2[C@H]43. The van der Waals surface area contributed by atoms with Crippen LogP contribution >= 0.6 is 0 Å². The quantitative estimate of drug-likeness (QED) is 0.596. The van der Waals surface area contributed by atoms with Crippen molar-refractivity contribution in [1.82, 2.24) is 0 Å². The fourth-order valence-electron chi connectivity index (χ4n) is 6.47. The molecule has 144 valence electrons. The van der Waals surface area contributed by atoms with Crippen LogP contribution in [-0.2, 0) is 4.79 Å². The Morgan fingerprint density at radius 1 is 1.07 bits per heavy atom. The summed E-state index contributed by atoms with van der Waals surface area (Å²) in [6, 6.07) is 10.3. The Balaban J connectivity index is 1.28. The Labute approximate surface area is 165 Å². The van der Waals surface area contributed by atoms with Gasteiger partial charge in [0.1, 0.15) is 0 Å². The van der Waals surface area contributed by atoms with Gasteiger partial charge in [0, 0.05) is 11.5 Å². The van der Waals surface area contributed by atoms with Crippen LogP contribution in [0.1, 0.15) is 18.4 Å². The van der Waals surface area contributed by atoms with Gasteiger partial charge in [0.05, 0.1) is 6.10 Å². The van der Waals surface area contributed by atoms with E-state index in [-0.39, 0.29) is 11.8 Å². The number of hydrogen-bond donors (Lipinski definition) is 2. The number of carboxylic acid groups (broad SMARTS) is 1. The summed E-state index contributed by atoms with van der Waals surface area (Å²) in [5.74, 6) is 1.98. The molecule has 5 rings (SSSR count). The normalized spacial score (nSPS) is 40.4. The van der Waals surface area contributed by atoms with E-state index in [1.807, 2.05) is 18.2 Å². The van der Waals surface area contributed by atoms with E-state index in [4.69, 9.17) is 0 Å². The minimum absolute atomic E-state index is 0.0116. The highest BCUT2D eigenvalue weighted by Crippen LogP contribution is 2.67. The maximum absolute atomic E-state index is 11.6. The van der Waals surface area contributed by atoms with Gasteiger partial charge >= 0.3 is 5.97 Å². The second-order valence-corrected chi connectivity index (χ2v) is 8.72. The molecule has 0 unspecified atom stereocenters. The van der Waals surface area contributed by atoms with Crippen LogP contribution in [0.5, 0.6) is 0 Å². The van der Waals surface area contributed by atoms with Crippen molar-refractivity contribution in [3.63, 3.8) is 0 Å². The maximum Gasteiger partial charge on any atom is 0.331 e. The fourth-order valence-corrected chi connectivity index (χ4v) is 6.47. The minimum Gasteiger partial charge on any atom is -0.478 e. The Kier molecular flexibility index (Phi) is 4.36. The van der Waals surface area contributed by atoms with Crippen molar-refractivity contribution in [3.05, 3.63) is 77.9 Å². The lowest BCUT2D eigenvalue weighted by molar-refractivity contribution is -0.134. The largest absolute Gasteiger partial charge is 0.478 e. The van der Waals surface area contributed by atoms with Gasteiger partial charge in [-0.05, 0) is 60.0 Å². The third-order valence-electron chi connectivity index (χ3n) is 7.56. The van der Waals surface area contributed by atoms with Crippen LogP contribution in [0.15, 0.2) is 72.4 Å². The van der Waals surface area contributed by atoms with Gasteiger partial charge in [-0.25, -0.2) is 4.79 Å². The fraction of sp³-hybridized carbons (Fsp3) is 0.400. The molecule has 0 heterocycles. The summed E-state index contributed by atoms with van der Waals surface area (Å²) in [6.07, 6.45) is 16.1. The summed E-state index contributed by atoms with van der Waals surface area (Å²) in [5.41, 5.74) is 1.60. The van der Waals surface area contributed by atoms with Crippen LogP contribution in [0.3, 0.4) is 0 Å². The Morgan fingerprint density at radius 3 is 2.68 bits per heavy atom. The Morgan fingerprint density at radius 2 is 1.89 bits per heavy atom. The molecule has 0 spiro atoms. The lowest BCUT2D eigenvalue weighted by atomic mass is 9.50. The third-order valence-corrected chi connectivity index (χ3v) is 7.56. The molecule has 8 atom stereocenters. The average molecular weight is 374 g/mol. The summed E-state index contributed by atoms with van der Waals surface area (Å²) >= 11 is 0. The van der Waals surface area contributed by atoms with Crippen molar-refractivity contribution in [2.45, 2.75) is 18.9 Å². The molecule has 0 aromatic heterocycles. The zero-order chi connectivity index (χ0) is 19.3. The smallest absolute Gasteiger partial charge is 0.331 e. The number of carboxylic acids is 1. The van der Waals surface area contributed by atoms with Gasteiger partial charge in [0.25, 0.3) is 0 Å². The number of aliphatic carboxylic acids is 1. The molecule has 2 N–H and O–H groups in total. The van der Waals surface area contributed by atoms with Gasteiger partial charge in [-0.2, -0.15) is 0 Å². The van der Waals surface area contributed by atoms with Gasteiger partial charge < -0.3 is 10.2 Å². The van der Waals surface area contributed by atoms with Crippen LogP contribution in [0.2, 0.25) is 0 Å². The highest BCUT2D eigenvalue weighted by Gasteiger charge is 2.63. The van der Waals surface area contributed by atoms with Crippen LogP contribution in [0.4, 0.5) is 0 Å². The molecule has 2 fully saturated rings. The summed E-state index contributed by atoms with van der Waals surface area (Å²) in [6.45, 7) is 0. The summed E-state index contributed by atoms with van der Waals surface area (Å²) in [4.78, 5) is 11.6. The van der Waals surface area contributed by atoms with Crippen molar-refractivity contribution in [2.24, 2.45) is 41.4 Å². The molecule has 3 nitrogen and oxygen atoms in total. The number of rotatable bonds is 5. The topological polar surface area (TPSA) is 57.5 Å². The van der Waals surface area contributed by atoms with E-state index >= 15 is 0 Å². The monoisotopic (exact) mass is 374 g/mol. The Bertz CT molecular complexity index is 878. The number of carbonyl (C=O) groups is 1. The first-order valence-corrected chi connectivity index (χ1v) is 10.3. The van der Waals surface area contributed by atoms with Crippen LogP contribution in [-0.4, -0.2) is 22.3 Å². The van der Waals surface area contributed by atoms with Gasteiger partial charge in [-0.1, -0.05) is 66.8 Å². The van der Waals surface area contributed by atoms with E-state index in [2.05, 4.69) is 48.6 Å². The van der Waals surface area contributed by atoms with Gasteiger partial charge in [-0.3, -0.25) is 0 Å². The van der Waals surface area contributed by atoms with Crippen LogP contribution in [0, 0.1) is 41.4 Å². The molecule has 0 aliphatic heterocycles. The average Bonchev–Trinajstić information content (AvgIpc) is 3.06. The first-order valence-electron chi connectivity index (χ1n) is 10.3. The summed E-state index contributed by atoms with van der Waals surface area (Å²) in [5, 5.41) is 20.1. The molecular formula is C25H26O3. The van der Waals surface area contributed by atoms with Crippen LogP contribution in [0.25, 0.3) is 6.08 Å². The molecule has 2 saturated carbocycles. The zero-order valence-electron chi connectivity index (χ0n) is 15.8. The third kappa shape index (κ3) is 2.72. The predicted octanol–water partition coefficient (Wildman–Crippen LogP) is 4.33. The van der Waals surface area contributed by atoms with Crippen LogP contribution < -0.4 is 0 Å².